The van der Waals surface area contributed by atoms with Gasteiger partial charge in [0.1, 0.15) is 6.04 Å². The van der Waals surface area contributed by atoms with E-state index in [2.05, 4.69) is 27.8 Å². The zero-order chi connectivity index (χ0) is 38.1. The summed E-state index contributed by atoms with van der Waals surface area (Å²) in [7, 11) is 1.54. The van der Waals surface area contributed by atoms with Gasteiger partial charge in [0, 0.05) is 26.6 Å². The maximum atomic E-state index is 14.6. The van der Waals surface area contributed by atoms with Gasteiger partial charge in [0.2, 0.25) is 11.7 Å². The van der Waals surface area contributed by atoms with Crippen LogP contribution in [0.1, 0.15) is 65.0 Å². The number of rotatable bonds is 17. The molecule has 1 aliphatic heterocycles. The lowest BCUT2D eigenvalue weighted by atomic mass is 9.87. The van der Waals surface area contributed by atoms with Crippen LogP contribution in [0.5, 0.6) is 0 Å². The predicted molar refractivity (Wildman–Crippen MR) is 187 cm³/mol. The summed E-state index contributed by atoms with van der Waals surface area (Å²) < 4.78 is 44.7. The van der Waals surface area contributed by atoms with Crippen molar-refractivity contribution in [3.05, 3.63) is 48.0 Å². The molecule has 4 N–H and O–H groups in total. The maximum absolute atomic E-state index is 14.6. The molecule has 0 radical (unpaired) electrons. The Morgan fingerprint density at radius 3 is 2.18 bits per heavy atom. The second-order valence-corrected chi connectivity index (χ2v) is 15.1. The zero-order valence-electron chi connectivity index (χ0n) is 30.5. The minimum absolute atomic E-state index is 0.0617. The summed E-state index contributed by atoms with van der Waals surface area (Å²) >= 11 is 0. The Morgan fingerprint density at radius 1 is 1.02 bits per heavy atom. The molecule has 3 unspecified atom stereocenters. The molecule has 2 aliphatic rings. The minimum Gasteiger partial charge on any atom is -0.383 e. The summed E-state index contributed by atoms with van der Waals surface area (Å²) in [5, 5.41) is 10.7. The van der Waals surface area contributed by atoms with Crippen LogP contribution in [0.15, 0.2) is 36.9 Å². The topological polar surface area (TPSA) is 146 Å². The quantitative estimate of drug-likeness (QED) is 0.142. The molecule has 0 bridgehead atoms. The van der Waals surface area contributed by atoms with Crippen LogP contribution < -0.4 is 21.3 Å². The Hall–Kier alpha value is -3.78. The van der Waals surface area contributed by atoms with Crippen molar-refractivity contribution in [1.82, 2.24) is 26.2 Å². The van der Waals surface area contributed by atoms with E-state index in [9.17, 15) is 37.1 Å². The number of hydrogen-bond acceptors (Lipinski definition) is 7. The van der Waals surface area contributed by atoms with E-state index in [1.807, 2.05) is 58.9 Å². The molecular formula is C37H54F3N5O6. The molecule has 1 aromatic carbocycles. The van der Waals surface area contributed by atoms with Crippen LogP contribution in [0.3, 0.4) is 0 Å². The molecular weight excluding hydrogens is 667 g/mol. The lowest BCUT2D eigenvalue weighted by Gasteiger charge is -2.34. The number of hydrogen-bond donors (Lipinski definition) is 4. The van der Waals surface area contributed by atoms with Crippen molar-refractivity contribution in [3.63, 3.8) is 0 Å². The van der Waals surface area contributed by atoms with E-state index >= 15 is 0 Å². The summed E-state index contributed by atoms with van der Waals surface area (Å²) in [6.45, 7) is 13.2. The van der Waals surface area contributed by atoms with Gasteiger partial charge >= 0.3 is 12.2 Å². The van der Waals surface area contributed by atoms with Crippen molar-refractivity contribution in [2.75, 3.05) is 33.4 Å². The van der Waals surface area contributed by atoms with Crippen LogP contribution in [-0.4, -0.2) is 98.0 Å². The van der Waals surface area contributed by atoms with Crippen molar-refractivity contribution in [2.24, 2.45) is 23.2 Å². The number of ketones is 2. The number of ether oxygens (including phenoxy) is 1. The van der Waals surface area contributed by atoms with E-state index in [-0.39, 0.29) is 48.9 Å². The maximum Gasteiger partial charge on any atom is 0.389 e. The first-order valence-corrected chi connectivity index (χ1v) is 17.5. The molecule has 0 spiro atoms. The predicted octanol–water partition coefficient (Wildman–Crippen LogP) is 3.74. The SMILES string of the molecule is C=CCNC(=O)C(=O)C(CCC(F)(F)F)NCC(=O)C1C[C@@H](C(C)C)CN1C(=O)[C@@H](NC(=O)NC(COC)C(C)(C)C)C1Cc2ccccc2C1. The summed E-state index contributed by atoms with van der Waals surface area (Å²) in [4.78, 5) is 68.6. The van der Waals surface area contributed by atoms with E-state index in [4.69, 9.17) is 4.74 Å². The first kappa shape index (κ1) is 41.6. The molecule has 5 atom stereocenters. The first-order valence-electron chi connectivity index (χ1n) is 17.5. The molecule has 1 fully saturated rings. The van der Waals surface area contributed by atoms with Gasteiger partial charge in [-0.3, -0.25) is 19.2 Å². The van der Waals surface area contributed by atoms with Crippen LogP contribution >= 0.6 is 0 Å². The van der Waals surface area contributed by atoms with Crippen molar-refractivity contribution in [3.8, 4) is 0 Å². The molecule has 3 rings (SSSR count). The van der Waals surface area contributed by atoms with Crippen molar-refractivity contribution < 1.29 is 41.9 Å². The number of benzene rings is 1. The molecule has 284 valence electrons. The fraction of sp³-hybridized carbons (Fsp3) is 0.649. The number of urea groups is 1. The smallest absolute Gasteiger partial charge is 0.383 e. The molecule has 14 heteroatoms. The molecule has 4 amide bonds. The van der Waals surface area contributed by atoms with E-state index in [1.54, 1.807) is 0 Å². The number of nitrogens with zero attached hydrogens (tertiary/aromatic N) is 1. The summed E-state index contributed by atoms with van der Waals surface area (Å²) in [6, 6.07) is 3.36. The number of amides is 4. The number of nitrogens with one attached hydrogen (secondary N) is 4. The average Bonchev–Trinajstić information content (AvgIpc) is 3.70. The number of Topliss-reactive ketones (excluding diaryl/α,β-unsaturated/α-hetero) is 2. The monoisotopic (exact) mass is 721 g/mol. The van der Waals surface area contributed by atoms with Crippen LogP contribution in [0, 0.1) is 23.2 Å². The van der Waals surface area contributed by atoms with Crippen molar-refractivity contribution >= 4 is 29.4 Å². The number of methoxy groups -OCH3 is 1. The van der Waals surface area contributed by atoms with E-state index < -0.39 is 73.1 Å². The Morgan fingerprint density at radius 2 is 1.65 bits per heavy atom. The molecule has 1 heterocycles. The molecule has 51 heavy (non-hydrogen) atoms. The fourth-order valence-corrected chi connectivity index (χ4v) is 6.69. The molecule has 0 saturated carbocycles. The number of fused-ring (bicyclic) bond motifs is 1. The number of alkyl halides is 3. The summed E-state index contributed by atoms with van der Waals surface area (Å²) in [5.41, 5.74) is 1.78. The zero-order valence-corrected chi connectivity index (χ0v) is 30.5. The van der Waals surface area contributed by atoms with E-state index in [0.29, 0.717) is 19.3 Å². The third-order valence-electron chi connectivity index (χ3n) is 9.91. The second kappa shape index (κ2) is 18.1. The molecule has 1 aromatic rings. The third-order valence-corrected chi connectivity index (χ3v) is 9.91. The Labute approximate surface area is 298 Å². The van der Waals surface area contributed by atoms with E-state index in [1.165, 1.54) is 18.1 Å². The van der Waals surface area contributed by atoms with Gasteiger partial charge in [-0.1, -0.05) is 65.0 Å². The molecule has 1 aliphatic carbocycles. The summed E-state index contributed by atoms with van der Waals surface area (Å²) in [6.07, 6.45) is -4.00. The Balaban J connectivity index is 1.87. The summed E-state index contributed by atoms with van der Waals surface area (Å²) in [5.74, 6) is -3.45. The highest BCUT2D eigenvalue weighted by Gasteiger charge is 2.45. The molecule has 11 nitrogen and oxygen atoms in total. The highest BCUT2D eigenvalue weighted by molar-refractivity contribution is 6.38. The van der Waals surface area contributed by atoms with Crippen LogP contribution in [0.25, 0.3) is 0 Å². The number of likely N-dealkylation sites (tertiary alicyclic amines) is 1. The van der Waals surface area contributed by atoms with Gasteiger partial charge in [0.05, 0.1) is 31.3 Å². The standard InChI is InChI=1S/C37H54F3N5O6/c1-8-15-41-33(48)32(47)27(13-14-37(38,39)40)42-19-29(46)28-18-26(22(2)3)20-45(28)34(49)31(25-16-23-11-9-10-12-24(23)17-25)44-35(50)43-30(21-51-7)36(4,5)6/h8-12,22,25-28,30-31,42H,1,13-21H2,2-7H3,(H,41,48)(H2,43,44,50)/t26-,27?,28?,30?,31+/m1/s1. The van der Waals surface area contributed by atoms with Gasteiger partial charge in [0.25, 0.3) is 5.91 Å². The lowest BCUT2D eigenvalue weighted by molar-refractivity contribution is -0.144. The van der Waals surface area contributed by atoms with Crippen LogP contribution in [0.2, 0.25) is 0 Å². The van der Waals surface area contributed by atoms with E-state index in [0.717, 1.165) is 11.1 Å². The van der Waals surface area contributed by atoms with Crippen LogP contribution in [0.4, 0.5) is 18.0 Å². The van der Waals surface area contributed by atoms with Crippen molar-refractivity contribution in [1.29, 1.82) is 0 Å². The van der Waals surface area contributed by atoms with Gasteiger partial charge in [-0.15, -0.1) is 6.58 Å². The van der Waals surface area contributed by atoms with Crippen molar-refractivity contribution in [2.45, 2.75) is 97.1 Å². The lowest BCUT2D eigenvalue weighted by Crippen LogP contribution is -2.59. The van der Waals surface area contributed by atoms with Gasteiger partial charge in [-0.2, -0.15) is 13.2 Å². The minimum atomic E-state index is -4.59. The number of carbonyl (C=O) groups is 5. The van der Waals surface area contributed by atoms with Gasteiger partial charge in [-0.25, -0.2) is 4.79 Å². The highest BCUT2D eigenvalue weighted by Crippen LogP contribution is 2.34. The second-order valence-electron chi connectivity index (χ2n) is 15.1. The average molecular weight is 722 g/mol. The normalized spacial score (nSPS) is 19.6. The fourth-order valence-electron chi connectivity index (χ4n) is 6.69. The van der Waals surface area contributed by atoms with Crippen LogP contribution in [-0.2, 0) is 36.8 Å². The van der Waals surface area contributed by atoms with Gasteiger partial charge in [0.15, 0.2) is 5.78 Å². The third kappa shape index (κ3) is 11.9. The highest BCUT2D eigenvalue weighted by atomic mass is 19.4. The van der Waals surface area contributed by atoms with Gasteiger partial charge in [-0.05, 0) is 60.0 Å². The molecule has 0 aromatic heterocycles. The molecule has 1 saturated heterocycles. The number of carbonyl (C=O) groups excluding carboxylic acids is 5. The Bertz CT molecular complexity index is 1390. The number of halogens is 3. The first-order chi connectivity index (χ1) is 23.9. The largest absolute Gasteiger partial charge is 0.389 e. The Kier molecular flexibility index (Phi) is 14.8. The van der Waals surface area contributed by atoms with Gasteiger partial charge < -0.3 is 30.9 Å².